The predicted molar refractivity (Wildman–Crippen MR) is 117 cm³/mol. The van der Waals surface area contributed by atoms with E-state index in [-0.39, 0.29) is 22.4 Å². The Bertz CT molecular complexity index is 986. The lowest BCUT2D eigenvalue weighted by Gasteiger charge is -2.47. The lowest BCUT2D eigenvalue weighted by molar-refractivity contribution is -0.128. The summed E-state index contributed by atoms with van der Waals surface area (Å²) in [5, 5.41) is 1.29. The Hall–Kier alpha value is -2.04. The molecule has 0 atom stereocenters. The van der Waals surface area contributed by atoms with Crippen LogP contribution in [0.1, 0.15) is 46.4 Å². The molecular formula is C23H27F4N3O2S. The molecule has 0 aliphatic carbocycles. The standard InChI is InChI=1S/C23H27F4N3O2S/c1-2-16-4-3-5-17(20(16)24)13-29-8-6-22(7-9-29)15-30(10-11-32-22)21(31)18-14-33-19(28-18)12-23(25,26)27/h3-5,14H,2,6-13,15H2,1H3. The second-order valence-electron chi connectivity index (χ2n) is 8.70. The van der Waals surface area contributed by atoms with Gasteiger partial charge < -0.3 is 9.64 Å². The first-order valence-corrected chi connectivity index (χ1v) is 12.0. The summed E-state index contributed by atoms with van der Waals surface area (Å²) in [7, 11) is 0. The van der Waals surface area contributed by atoms with E-state index in [4.69, 9.17) is 4.74 Å². The number of hydrogen-bond donors (Lipinski definition) is 0. The smallest absolute Gasteiger partial charge is 0.371 e. The number of aromatic nitrogens is 1. The highest BCUT2D eigenvalue weighted by Gasteiger charge is 2.41. The van der Waals surface area contributed by atoms with Crippen LogP contribution >= 0.6 is 11.3 Å². The average molecular weight is 486 g/mol. The average Bonchev–Trinajstić information content (AvgIpc) is 3.23. The first-order valence-electron chi connectivity index (χ1n) is 11.1. The van der Waals surface area contributed by atoms with Gasteiger partial charge in [-0.25, -0.2) is 9.37 Å². The number of carbonyl (C=O) groups is 1. The zero-order valence-electron chi connectivity index (χ0n) is 18.5. The zero-order chi connectivity index (χ0) is 23.6. The zero-order valence-corrected chi connectivity index (χ0v) is 19.3. The lowest BCUT2D eigenvalue weighted by Crippen LogP contribution is -2.58. The largest absolute Gasteiger partial charge is 0.395 e. The summed E-state index contributed by atoms with van der Waals surface area (Å²) in [4.78, 5) is 20.6. The van der Waals surface area contributed by atoms with Crippen LogP contribution in [0.2, 0.25) is 0 Å². The summed E-state index contributed by atoms with van der Waals surface area (Å²) in [5.41, 5.74) is 0.968. The number of piperidine rings is 1. The van der Waals surface area contributed by atoms with Crippen LogP contribution in [0.15, 0.2) is 23.6 Å². The summed E-state index contributed by atoms with van der Waals surface area (Å²) in [6, 6.07) is 5.51. The quantitative estimate of drug-likeness (QED) is 0.587. The Kier molecular flexibility index (Phi) is 7.07. The van der Waals surface area contributed by atoms with Gasteiger partial charge in [0.2, 0.25) is 0 Å². The van der Waals surface area contributed by atoms with E-state index in [1.165, 1.54) is 5.38 Å². The Morgan fingerprint density at radius 3 is 2.64 bits per heavy atom. The Morgan fingerprint density at radius 2 is 1.94 bits per heavy atom. The number of rotatable bonds is 5. The maximum absolute atomic E-state index is 14.6. The molecule has 1 amide bonds. The van der Waals surface area contributed by atoms with Gasteiger partial charge in [-0.1, -0.05) is 25.1 Å². The van der Waals surface area contributed by atoms with Gasteiger partial charge in [0.15, 0.2) is 0 Å². The fourth-order valence-electron chi connectivity index (χ4n) is 4.53. The van der Waals surface area contributed by atoms with Gasteiger partial charge in [-0.15, -0.1) is 11.3 Å². The number of hydrogen-bond acceptors (Lipinski definition) is 5. The molecule has 0 unspecified atom stereocenters. The molecule has 2 aliphatic heterocycles. The number of morpholine rings is 1. The SMILES string of the molecule is CCc1cccc(CN2CCC3(CC2)CN(C(=O)c2csc(CC(F)(F)F)n2)CCO3)c1F. The van der Waals surface area contributed by atoms with Crippen LogP contribution in [0, 0.1) is 5.82 Å². The lowest BCUT2D eigenvalue weighted by atomic mass is 9.89. The molecule has 1 aromatic heterocycles. The van der Waals surface area contributed by atoms with Crippen molar-refractivity contribution in [1.82, 2.24) is 14.8 Å². The Balaban J connectivity index is 1.36. The molecule has 180 valence electrons. The minimum Gasteiger partial charge on any atom is -0.371 e. The number of ether oxygens (including phenoxy) is 1. The van der Waals surface area contributed by atoms with E-state index in [2.05, 4.69) is 9.88 Å². The van der Waals surface area contributed by atoms with Crippen molar-refractivity contribution in [2.75, 3.05) is 32.8 Å². The monoisotopic (exact) mass is 485 g/mol. The van der Waals surface area contributed by atoms with Crippen molar-refractivity contribution in [2.45, 2.75) is 50.9 Å². The molecule has 33 heavy (non-hydrogen) atoms. The number of nitrogens with zero attached hydrogens (tertiary/aromatic N) is 3. The third-order valence-electron chi connectivity index (χ3n) is 6.36. The molecule has 5 nitrogen and oxygen atoms in total. The molecule has 0 bridgehead atoms. The molecule has 2 saturated heterocycles. The molecule has 0 N–H and O–H groups in total. The third kappa shape index (κ3) is 5.73. The number of thiazole rings is 1. The van der Waals surface area contributed by atoms with E-state index in [1.807, 2.05) is 19.1 Å². The van der Waals surface area contributed by atoms with Crippen LogP contribution in [0.3, 0.4) is 0 Å². The molecule has 4 rings (SSSR count). The van der Waals surface area contributed by atoms with Crippen LogP contribution in [0.5, 0.6) is 0 Å². The number of amides is 1. The van der Waals surface area contributed by atoms with Crippen molar-refractivity contribution in [2.24, 2.45) is 0 Å². The first kappa shape index (κ1) is 24.1. The molecular weight excluding hydrogens is 458 g/mol. The van der Waals surface area contributed by atoms with Crippen LogP contribution in [-0.2, 0) is 24.1 Å². The highest BCUT2D eigenvalue weighted by Crippen LogP contribution is 2.32. The van der Waals surface area contributed by atoms with E-state index in [0.717, 1.165) is 11.3 Å². The van der Waals surface area contributed by atoms with E-state index in [9.17, 15) is 22.4 Å². The van der Waals surface area contributed by atoms with Crippen LogP contribution < -0.4 is 0 Å². The second kappa shape index (κ2) is 9.68. The molecule has 10 heteroatoms. The fraction of sp³-hybridized carbons (Fsp3) is 0.565. The van der Waals surface area contributed by atoms with Crippen molar-refractivity contribution in [3.05, 3.63) is 51.2 Å². The van der Waals surface area contributed by atoms with Crippen LogP contribution in [0.4, 0.5) is 17.6 Å². The minimum atomic E-state index is -4.35. The number of likely N-dealkylation sites (tertiary alicyclic amines) is 1. The molecule has 1 aromatic carbocycles. The predicted octanol–water partition coefficient (Wildman–Crippen LogP) is 4.46. The van der Waals surface area contributed by atoms with Gasteiger partial charge in [0.05, 0.1) is 25.2 Å². The highest BCUT2D eigenvalue weighted by atomic mass is 32.1. The van der Waals surface area contributed by atoms with Gasteiger partial charge in [0.1, 0.15) is 16.5 Å². The van der Waals surface area contributed by atoms with Crippen molar-refractivity contribution in [1.29, 1.82) is 0 Å². The summed E-state index contributed by atoms with van der Waals surface area (Å²) < 4.78 is 58.5. The minimum absolute atomic E-state index is 0.0556. The Labute approximate surface area is 194 Å². The number of carbonyl (C=O) groups excluding carboxylic acids is 1. The molecule has 3 heterocycles. The topological polar surface area (TPSA) is 45.7 Å². The van der Waals surface area contributed by atoms with Crippen molar-refractivity contribution >= 4 is 17.2 Å². The summed E-state index contributed by atoms with van der Waals surface area (Å²) in [6.45, 7) is 5.02. The fourth-order valence-corrected chi connectivity index (χ4v) is 5.33. The summed E-state index contributed by atoms with van der Waals surface area (Å²) in [5.74, 6) is -0.498. The van der Waals surface area contributed by atoms with Gasteiger partial charge in [0.25, 0.3) is 5.91 Å². The van der Waals surface area contributed by atoms with Crippen molar-refractivity contribution in [3.63, 3.8) is 0 Å². The number of alkyl halides is 3. The van der Waals surface area contributed by atoms with Crippen LogP contribution in [-0.4, -0.2) is 65.3 Å². The van der Waals surface area contributed by atoms with Crippen molar-refractivity contribution in [3.8, 4) is 0 Å². The molecule has 2 aliphatic rings. The third-order valence-corrected chi connectivity index (χ3v) is 7.21. The Morgan fingerprint density at radius 1 is 1.21 bits per heavy atom. The molecule has 0 saturated carbocycles. The van der Waals surface area contributed by atoms with Gasteiger partial charge >= 0.3 is 6.18 Å². The maximum Gasteiger partial charge on any atom is 0.395 e. The molecule has 2 aromatic rings. The molecule has 1 spiro atoms. The highest BCUT2D eigenvalue weighted by molar-refractivity contribution is 7.09. The number of aryl methyl sites for hydroxylation is 1. The summed E-state index contributed by atoms with van der Waals surface area (Å²) >= 11 is 0.854. The summed E-state index contributed by atoms with van der Waals surface area (Å²) in [6.07, 6.45) is -3.44. The van der Waals surface area contributed by atoms with Gasteiger partial charge in [0, 0.05) is 37.1 Å². The normalized spacial score (nSPS) is 19.2. The van der Waals surface area contributed by atoms with E-state index >= 15 is 0 Å². The number of benzene rings is 1. The van der Waals surface area contributed by atoms with Crippen LogP contribution in [0.25, 0.3) is 0 Å². The van der Waals surface area contributed by atoms with Crippen molar-refractivity contribution < 1.29 is 27.1 Å². The van der Waals surface area contributed by atoms with Gasteiger partial charge in [-0.3, -0.25) is 9.69 Å². The molecule has 0 radical (unpaired) electrons. The van der Waals surface area contributed by atoms with Gasteiger partial charge in [-0.2, -0.15) is 13.2 Å². The van der Waals surface area contributed by atoms with E-state index < -0.39 is 18.2 Å². The molecule has 2 fully saturated rings. The first-order chi connectivity index (χ1) is 15.7. The van der Waals surface area contributed by atoms with E-state index in [1.54, 1.807) is 11.0 Å². The number of halogens is 4. The van der Waals surface area contributed by atoms with Gasteiger partial charge in [-0.05, 0) is 24.8 Å². The maximum atomic E-state index is 14.6. The second-order valence-corrected chi connectivity index (χ2v) is 9.64. The van der Waals surface area contributed by atoms with E-state index in [0.29, 0.717) is 69.7 Å².